The van der Waals surface area contributed by atoms with E-state index >= 15 is 0 Å². The van der Waals surface area contributed by atoms with Crippen LogP contribution >= 0.6 is 0 Å². The Morgan fingerprint density at radius 3 is 3.00 bits per heavy atom. The average molecular weight is 363 g/mol. The monoisotopic (exact) mass is 363 g/mol. The zero-order valence-electron chi connectivity index (χ0n) is 14.8. The summed E-state index contributed by atoms with van der Waals surface area (Å²) in [4.78, 5) is 21.0. The molecular weight excluding hydrogens is 346 g/mol. The number of ether oxygens (including phenoxy) is 1. The van der Waals surface area contributed by atoms with E-state index in [4.69, 9.17) is 4.74 Å². The number of nitrogens with one attached hydrogen (secondary N) is 2. The minimum Gasteiger partial charge on any atom is -0.497 e. The first-order chi connectivity index (χ1) is 13.1. The number of anilines is 1. The Kier molecular flexibility index (Phi) is 4.25. The topological polar surface area (TPSA) is 111 Å². The highest BCUT2D eigenvalue weighted by Gasteiger charge is 2.11. The van der Waals surface area contributed by atoms with Gasteiger partial charge in [-0.05, 0) is 42.5 Å². The molecular formula is C18H17N7O2. The van der Waals surface area contributed by atoms with Gasteiger partial charge in [-0.15, -0.1) is 10.2 Å². The summed E-state index contributed by atoms with van der Waals surface area (Å²) in [6, 6.07) is 12.8. The Balaban J connectivity index is 1.47. The van der Waals surface area contributed by atoms with E-state index in [9.17, 15) is 4.79 Å². The number of rotatable bonds is 5. The predicted molar refractivity (Wildman–Crippen MR) is 99.3 cm³/mol. The first-order valence-corrected chi connectivity index (χ1v) is 8.29. The van der Waals surface area contributed by atoms with Crippen LogP contribution in [0.1, 0.15) is 5.82 Å². The molecule has 2 aromatic carbocycles. The lowest BCUT2D eigenvalue weighted by molar-refractivity contribution is -0.117. The van der Waals surface area contributed by atoms with E-state index in [1.807, 2.05) is 25.1 Å². The molecule has 2 heterocycles. The van der Waals surface area contributed by atoms with Crippen LogP contribution in [-0.2, 0) is 11.3 Å². The SMILES string of the molecule is COc1cccc(NC(=O)Cn2nnc(-c3ccc4nc(C)[nH]c4c3)n2)c1. The van der Waals surface area contributed by atoms with Crippen molar-refractivity contribution in [2.45, 2.75) is 13.5 Å². The van der Waals surface area contributed by atoms with E-state index in [0.717, 1.165) is 22.4 Å². The summed E-state index contributed by atoms with van der Waals surface area (Å²) in [6.45, 7) is 1.85. The first kappa shape index (κ1) is 16.7. The van der Waals surface area contributed by atoms with Gasteiger partial charge in [0, 0.05) is 17.3 Å². The van der Waals surface area contributed by atoms with Crippen LogP contribution in [0.3, 0.4) is 0 Å². The maximum absolute atomic E-state index is 12.2. The third kappa shape index (κ3) is 3.61. The fourth-order valence-electron chi connectivity index (χ4n) is 2.73. The maximum Gasteiger partial charge on any atom is 0.248 e. The van der Waals surface area contributed by atoms with Crippen LogP contribution in [0.25, 0.3) is 22.4 Å². The Morgan fingerprint density at radius 2 is 2.15 bits per heavy atom. The van der Waals surface area contributed by atoms with Crippen LogP contribution in [0.4, 0.5) is 5.69 Å². The molecule has 0 unspecified atom stereocenters. The summed E-state index contributed by atoms with van der Waals surface area (Å²) in [5.41, 5.74) is 3.21. The van der Waals surface area contributed by atoms with E-state index in [2.05, 4.69) is 30.7 Å². The quantitative estimate of drug-likeness (QED) is 0.562. The number of hydrogen-bond acceptors (Lipinski definition) is 6. The Labute approximate surface area is 154 Å². The summed E-state index contributed by atoms with van der Waals surface area (Å²) < 4.78 is 5.14. The third-order valence-corrected chi connectivity index (χ3v) is 3.95. The third-order valence-electron chi connectivity index (χ3n) is 3.95. The number of imidazole rings is 1. The molecule has 0 radical (unpaired) electrons. The molecule has 9 heteroatoms. The van der Waals surface area contributed by atoms with Gasteiger partial charge in [0.25, 0.3) is 0 Å². The number of benzene rings is 2. The van der Waals surface area contributed by atoms with E-state index in [-0.39, 0.29) is 12.5 Å². The number of fused-ring (bicyclic) bond motifs is 1. The molecule has 0 spiro atoms. The molecule has 136 valence electrons. The van der Waals surface area contributed by atoms with Gasteiger partial charge >= 0.3 is 0 Å². The number of aromatic amines is 1. The molecule has 0 aliphatic rings. The molecule has 1 amide bonds. The zero-order valence-corrected chi connectivity index (χ0v) is 14.8. The van der Waals surface area contributed by atoms with Crippen molar-refractivity contribution in [3.8, 4) is 17.1 Å². The van der Waals surface area contributed by atoms with Gasteiger partial charge in [-0.2, -0.15) is 4.80 Å². The number of carbonyl (C=O) groups excluding carboxylic acids is 1. The van der Waals surface area contributed by atoms with E-state index in [0.29, 0.717) is 17.3 Å². The minimum absolute atomic E-state index is 0.0460. The Hall–Kier alpha value is -3.75. The smallest absolute Gasteiger partial charge is 0.248 e. The van der Waals surface area contributed by atoms with Crippen molar-refractivity contribution in [2.24, 2.45) is 0 Å². The van der Waals surface area contributed by atoms with Gasteiger partial charge < -0.3 is 15.0 Å². The molecule has 27 heavy (non-hydrogen) atoms. The summed E-state index contributed by atoms with van der Waals surface area (Å²) in [7, 11) is 1.57. The fraction of sp³-hybridized carbons (Fsp3) is 0.167. The first-order valence-electron chi connectivity index (χ1n) is 8.29. The number of methoxy groups -OCH3 is 1. The highest BCUT2D eigenvalue weighted by Crippen LogP contribution is 2.20. The number of tetrazole rings is 1. The average Bonchev–Trinajstić information content (AvgIpc) is 3.26. The molecule has 4 aromatic rings. The van der Waals surface area contributed by atoms with Gasteiger partial charge in [-0.25, -0.2) is 4.98 Å². The molecule has 0 saturated heterocycles. The van der Waals surface area contributed by atoms with Crippen molar-refractivity contribution in [1.29, 1.82) is 0 Å². The largest absolute Gasteiger partial charge is 0.497 e. The van der Waals surface area contributed by atoms with Crippen molar-refractivity contribution in [3.05, 3.63) is 48.3 Å². The highest BCUT2D eigenvalue weighted by molar-refractivity contribution is 5.90. The number of hydrogen-bond donors (Lipinski definition) is 2. The van der Waals surface area contributed by atoms with Crippen LogP contribution in [0.2, 0.25) is 0 Å². The normalized spacial score (nSPS) is 10.9. The van der Waals surface area contributed by atoms with Gasteiger partial charge in [0.05, 0.1) is 18.1 Å². The number of aromatic nitrogens is 6. The predicted octanol–water partition coefficient (Wildman–Crippen LogP) is 2.17. The summed E-state index contributed by atoms with van der Waals surface area (Å²) in [6.07, 6.45) is 0. The second kappa shape index (κ2) is 6.87. The van der Waals surface area contributed by atoms with Crippen LogP contribution in [0.5, 0.6) is 5.75 Å². The molecule has 9 nitrogen and oxygen atoms in total. The molecule has 2 aromatic heterocycles. The second-order valence-electron chi connectivity index (χ2n) is 5.98. The zero-order chi connectivity index (χ0) is 18.8. The van der Waals surface area contributed by atoms with Crippen LogP contribution < -0.4 is 10.1 Å². The van der Waals surface area contributed by atoms with Crippen molar-refractivity contribution >= 4 is 22.6 Å². The standard InChI is InChI=1S/C18H17N7O2/c1-11-19-15-7-6-12(8-16(15)20-11)18-22-24-25(23-18)10-17(26)21-13-4-3-5-14(9-13)27-2/h3-9H,10H2,1-2H3,(H,19,20)(H,21,26). The fourth-order valence-corrected chi connectivity index (χ4v) is 2.73. The van der Waals surface area contributed by atoms with Crippen LogP contribution in [0.15, 0.2) is 42.5 Å². The van der Waals surface area contributed by atoms with Crippen molar-refractivity contribution in [2.75, 3.05) is 12.4 Å². The van der Waals surface area contributed by atoms with Crippen LogP contribution in [-0.4, -0.2) is 43.2 Å². The number of aryl methyl sites for hydroxylation is 1. The lowest BCUT2D eigenvalue weighted by atomic mass is 10.2. The van der Waals surface area contributed by atoms with Gasteiger partial charge in [-0.1, -0.05) is 6.07 Å². The number of amides is 1. The molecule has 0 aliphatic heterocycles. The summed E-state index contributed by atoms with van der Waals surface area (Å²) in [5, 5.41) is 15.1. The van der Waals surface area contributed by atoms with Gasteiger partial charge in [0.1, 0.15) is 18.1 Å². The Bertz CT molecular complexity index is 1120. The molecule has 0 saturated carbocycles. The van der Waals surface area contributed by atoms with Crippen LogP contribution in [0, 0.1) is 6.92 Å². The number of nitrogens with zero attached hydrogens (tertiary/aromatic N) is 5. The molecule has 2 N–H and O–H groups in total. The minimum atomic E-state index is -0.258. The van der Waals surface area contributed by atoms with Gasteiger partial charge in [-0.3, -0.25) is 4.79 Å². The van der Waals surface area contributed by atoms with E-state index < -0.39 is 0 Å². The lowest BCUT2D eigenvalue weighted by Gasteiger charge is -2.06. The molecule has 4 rings (SSSR count). The molecule has 0 aliphatic carbocycles. The lowest BCUT2D eigenvalue weighted by Crippen LogP contribution is -2.20. The molecule has 0 fully saturated rings. The second-order valence-corrected chi connectivity index (χ2v) is 5.98. The van der Waals surface area contributed by atoms with E-state index in [1.54, 1.807) is 31.4 Å². The number of H-pyrrole nitrogens is 1. The summed E-state index contributed by atoms with van der Waals surface area (Å²) in [5.74, 6) is 1.69. The number of carbonyl (C=O) groups is 1. The van der Waals surface area contributed by atoms with Gasteiger partial charge in [0.15, 0.2) is 0 Å². The van der Waals surface area contributed by atoms with Crippen molar-refractivity contribution < 1.29 is 9.53 Å². The van der Waals surface area contributed by atoms with Crippen molar-refractivity contribution in [1.82, 2.24) is 30.2 Å². The molecule has 0 bridgehead atoms. The van der Waals surface area contributed by atoms with Gasteiger partial charge in [0.2, 0.25) is 11.7 Å². The maximum atomic E-state index is 12.2. The van der Waals surface area contributed by atoms with Crippen molar-refractivity contribution in [3.63, 3.8) is 0 Å². The Morgan fingerprint density at radius 1 is 1.26 bits per heavy atom. The van der Waals surface area contributed by atoms with E-state index in [1.165, 1.54) is 4.80 Å². The molecule has 0 atom stereocenters. The summed E-state index contributed by atoms with van der Waals surface area (Å²) >= 11 is 0. The highest BCUT2D eigenvalue weighted by atomic mass is 16.5.